The summed E-state index contributed by atoms with van der Waals surface area (Å²) in [6.45, 7) is 0. The number of nitriles is 1. The molecular formula is C87H49F6N7. The Morgan fingerprint density at radius 3 is 0.700 bits per heavy atom. The van der Waals surface area contributed by atoms with Crippen LogP contribution in [0.1, 0.15) is 16.7 Å². The second-order valence-corrected chi connectivity index (χ2v) is 25.7. The fourth-order valence-corrected chi connectivity index (χ4v) is 16.3. The van der Waals surface area contributed by atoms with Gasteiger partial charge in [0.05, 0.1) is 100 Å². The Bertz CT molecular complexity index is 6390. The molecule has 14 aromatic carbocycles. The molecule has 20 rings (SSSR count). The minimum atomic E-state index is -5.18. The van der Waals surface area contributed by atoms with Crippen molar-refractivity contribution < 1.29 is 26.3 Å². The third-order valence-electron chi connectivity index (χ3n) is 20.4. The molecule has 100 heavy (non-hydrogen) atoms. The van der Waals surface area contributed by atoms with Crippen LogP contribution in [0.15, 0.2) is 297 Å². The van der Waals surface area contributed by atoms with Crippen molar-refractivity contribution in [3.8, 4) is 51.3 Å². The molecular weight excluding hydrogens is 1260 g/mol. The van der Waals surface area contributed by atoms with Gasteiger partial charge in [-0.1, -0.05) is 146 Å². The van der Waals surface area contributed by atoms with Crippen molar-refractivity contribution in [3.05, 3.63) is 314 Å². The van der Waals surface area contributed by atoms with Gasteiger partial charge in [0, 0.05) is 92.9 Å². The van der Waals surface area contributed by atoms with Crippen molar-refractivity contribution in [3.63, 3.8) is 0 Å². The number of halogens is 6. The Labute approximate surface area is 564 Å². The zero-order chi connectivity index (χ0) is 67.0. The largest absolute Gasteiger partial charge is 0.416 e. The summed E-state index contributed by atoms with van der Waals surface area (Å²) in [5.74, 6) is 0. The molecule has 7 nitrogen and oxygen atoms in total. The van der Waals surface area contributed by atoms with Gasteiger partial charge in [-0.25, -0.2) is 0 Å². The molecule has 6 heterocycles. The van der Waals surface area contributed by atoms with Crippen molar-refractivity contribution in [2.75, 3.05) is 0 Å². The van der Waals surface area contributed by atoms with Crippen molar-refractivity contribution in [1.82, 2.24) is 27.4 Å². The third-order valence-corrected chi connectivity index (χ3v) is 20.4. The maximum Gasteiger partial charge on any atom is 0.416 e. The first kappa shape index (κ1) is 57.2. The average molecular weight is 1310 g/mol. The maximum absolute atomic E-state index is 15.1. The monoisotopic (exact) mass is 1310 g/mol. The number of rotatable bonds is 7. The summed E-state index contributed by atoms with van der Waals surface area (Å²) in [5.41, 5.74) is 11.4. The SMILES string of the molecule is N#Cc1cc(-n2c3ccc(-n4c5ccccc5c5ccccc54)cc3c3cc(-n4c5ccccc5c5ccccc54)ccc32)c(-n2c3ccc(-n4c5ccccc5c5ccccc54)cc3c3cc(-n4c5ccccc5c5ccccc54)ccc32)cc1-c1cc(C(F)(F)F)cc(C(F)(F)F)c1. The van der Waals surface area contributed by atoms with E-state index in [-0.39, 0.29) is 17.2 Å². The molecule has 0 fully saturated rings. The van der Waals surface area contributed by atoms with Crippen LogP contribution in [0.4, 0.5) is 26.3 Å². The fraction of sp³-hybridized carbons (Fsp3) is 0.0230. The molecule has 0 N–H and O–H groups in total. The van der Waals surface area contributed by atoms with Crippen molar-refractivity contribution in [2.24, 2.45) is 0 Å². The van der Waals surface area contributed by atoms with Gasteiger partial charge in [0.1, 0.15) is 0 Å². The molecule has 0 amide bonds. The molecule has 0 spiro atoms. The molecule has 0 unspecified atom stereocenters. The summed E-state index contributed by atoms with van der Waals surface area (Å²) in [6.07, 6.45) is -10.4. The average Bonchev–Trinajstić information content (AvgIpc) is 1.54. The maximum atomic E-state index is 15.1. The second kappa shape index (κ2) is 21.0. The van der Waals surface area contributed by atoms with Gasteiger partial charge in [-0.05, 0) is 157 Å². The van der Waals surface area contributed by atoms with E-state index in [9.17, 15) is 5.26 Å². The lowest BCUT2D eigenvalue weighted by Crippen LogP contribution is -2.11. The van der Waals surface area contributed by atoms with Crippen LogP contribution < -0.4 is 0 Å². The summed E-state index contributed by atoms with van der Waals surface area (Å²) in [6, 6.07) is 98.7. The zero-order valence-electron chi connectivity index (χ0n) is 52.7. The number of fused-ring (bicyclic) bond motifs is 18. The van der Waals surface area contributed by atoms with Gasteiger partial charge in [-0.15, -0.1) is 0 Å². The number of hydrogen-bond acceptors (Lipinski definition) is 1. The molecule has 0 radical (unpaired) electrons. The van der Waals surface area contributed by atoms with Crippen LogP contribution in [0.3, 0.4) is 0 Å². The second-order valence-electron chi connectivity index (χ2n) is 25.7. The van der Waals surface area contributed by atoms with E-state index in [1.54, 1.807) is 12.1 Å². The first-order valence-electron chi connectivity index (χ1n) is 32.8. The summed E-state index contributed by atoms with van der Waals surface area (Å²) in [4.78, 5) is 0. The first-order chi connectivity index (χ1) is 48.8. The minimum Gasteiger partial charge on any atom is -0.309 e. The first-order valence-corrected chi connectivity index (χ1v) is 32.8. The molecule has 0 aliphatic carbocycles. The molecule has 0 saturated carbocycles. The smallest absolute Gasteiger partial charge is 0.309 e. The number of benzene rings is 14. The number of aromatic nitrogens is 6. The Balaban J connectivity index is 0.929. The van der Waals surface area contributed by atoms with E-state index in [0.717, 1.165) is 143 Å². The lowest BCUT2D eigenvalue weighted by molar-refractivity contribution is -0.143. The number of nitrogens with zero attached hydrogens (tertiary/aromatic N) is 7. The molecule has 13 heteroatoms. The highest BCUT2D eigenvalue weighted by atomic mass is 19.4. The normalized spacial score (nSPS) is 12.5. The zero-order valence-corrected chi connectivity index (χ0v) is 52.7. The van der Waals surface area contributed by atoms with E-state index in [0.29, 0.717) is 34.5 Å². The highest BCUT2D eigenvalue weighted by molar-refractivity contribution is 6.17. The Kier molecular flexibility index (Phi) is 12.0. The third kappa shape index (κ3) is 8.28. The van der Waals surface area contributed by atoms with E-state index in [2.05, 4.69) is 191 Å². The van der Waals surface area contributed by atoms with E-state index in [4.69, 9.17) is 0 Å². The van der Waals surface area contributed by atoms with Gasteiger partial charge in [0.25, 0.3) is 0 Å². The van der Waals surface area contributed by atoms with Crippen molar-refractivity contribution >= 4 is 131 Å². The predicted molar refractivity (Wildman–Crippen MR) is 393 cm³/mol. The molecule has 0 atom stereocenters. The van der Waals surface area contributed by atoms with Gasteiger partial charge in [-0.3, -0.25) is 0 Å². The molecule has 0 bridgehead atoms. The molecule has 20 aromatic rings. The van der Waals surface area contributed by atoms with Gasteiger partial charge in [0.15, 0.2) is 0 Å². The highest BCUT2D eigenvalue weighted by Crippen LogP contribution is 2.48. The van der Waals surface area contributed by atoms with Gasteiger partial charge in [0.2, 0.25) is 0 Å². The van der Waals surface area contributed by atoms with Crippen LogP contribution >= 0.6 is 0 Å². The lowest BCUT2D eigenvalue weighted by Gasteiger charge is -2.21. The quantitative estimate of drug-likeness (QED) is 0.147. The molecule has 474 valence electrons. The van der Waals surface area contributed by atoms with Crippen LogP contribution in [0.5, 0.6) is 0 Å². The summed E-state index contributed by atoms with van der Waals surface area (Å²) in [7, 11) is 0. The summed E-state index contributed by atoms with van der Waals surface area (Å²) >= 11 is 0. The van der Waals surface area contributed by atoms with E-state index >= 15 is 26.3 Å². The van der Waals surface area contributed by atoms with E-state index in [1.165, 1.54) is 0 Å². The molecule has 0 aliphatic rings. The van der Waals surface area contributed by atoms with Gasteiger partial charge >= 0.3 is 12.4 Å². The van der Waals surface area contributed by atoms with Crippen LogP contribution in [0.25, 0.3) is 176 Å². The Hall–Kier alpha value is -13.1. The summed E-state index contributed by atoms with van der Waals surface area (Å²) in [5, 5.41) is 23.5. The number of para-hydroxylation sites is 8. The van der Waals surface area contributed by atoms with E-state index in [1.807, 2.05) is 109 Å². The minimum absolute atomic E-state index is 0.125. The van der Waals surface area contributed by atoms with E-state index < -0.39 is 29.0 Å². The molecule has 0 aliphatic heterocycles. The number of alkyl halides is 6. The van der Waals surface area contributed by atoms with Gasteiger partial charge < -0.3 is 27.4 Å². The highest BCUT2D eigenvalue weighted by Gasteiger charge is 2.38. The van der Waals surface area contributed by atoms with Crippen LogP contribution in [0.2, 0.25) is 0 Å². The number of hydrogen-bond donors (Lipinski definition) is 0. The van der Waals surface area contributed by atoms with Gasteiger partial charge in [-0.2, -0.15) is 31.6 Å². The lowest BCUT2D eigenvalue weighted by atomic mass is 9.94. The van der Waals surface area contributed by atoms with Crippen LogP contribution in [0, 0.1) is 11.3 Å². The topological polar surface area (TPSA) is 53.4 Å². The molecule has 0 saturated heterocycles. The Morgan fingerprint density at radius 2 is 0.460 bits per heavy atom. The van der Waals surface area contributed by atoms with Crippen LogP contribution in [-0.2, 0) is 12.4 Å². The Morgan fingerprint density at radius 1 is 0.230 bits per heavy atom. The predicted octanol–water partition coefficient (Wildman–Crippen LogP) is 23.8. The fourth-order valence-electron chi connectivity index (χ4n) is 16.3. The van der Waals surface area contributed by atoms with Crippen molar-refractivity contribution in [2.45, 2.75) is 12.4 Å². The summed E-state index contributed by atoms with van der Waals surface area (Å²) < 4.78 is 104. The van der Waals surface area contributed by atoms with Crippen molar-refractivity contribution in [1.29, 1.82) is 5.26 Å². The van der Waals surface area contributed by atoms with Crippen LogP contribution in [-0.4, -0.2) is 27.4 Å². The standard InChI is InChI=1S/C87H49F6N7/c88-86(89,90)53-41-51(42-54(44-53)87(91,92)93)67-49-85(100-82-39-35-57(97-76-29-13-5-21-63(76)64-22-6-14-30-77(64)97)47-70(82)71-48-58(36-40-83(71)100)98-78-31-15-7-23-65(78)66-24-8-16-32-79(66)98)84(43-52(67)50-94)99-80-37-33-55(95-72-25-9-1-17-59(72)60-18-2-10-26-73(60)95)45-68(80)69-46-56(34-38-81(69)99)96-74-27-11-3-19-61(74)62-20-4-12-28-75(62)96/h1-49H. The molecule has 6 aromatic heterocycles.